The minimum Gasteiger partial charge on any atom is -0.394 e. The van der Waals surface area contributed by atoms with Crippen LogP contribution in [0.1, 0.15) is 13.8 Å². The summed E-state index contributed by atoms with van der Waals surface area (Å²) in [6.45, 7) is 2.70. The Kier molecular flexibility index (Phi) is 3.15. The molecular formula is C5H11N3O2. The van der Waals surface area contributed by atoms with E-state index in [1.54, 1.807) is 13.8 Å². The molecule has 0 saturated heterocycles. The maximum absolute atomic E-state index is 9.00. The van der Waals surface area contributed by atoms with Gasteiger partial charge in [0, 0.05) is 4.91 Å². The second-order valence-electron chi connectivity index (χ2n) is 2.54. The zero-order valence-electron chi connectivity index (χ0n) is 6.02. The molecule has 0 fully saturated rings. The van der Waals surface area contributed by atoms with Gasteiger partial charge < -0.3 is 10.2 Å². The lowest BCUT2D eigenvalue weighted by atomic mass is 10.00. The Balaban J connectivity index is 4.22. The van der Waals surface area contributed by atoms with Crippen molar-refractivity contribution in [1.82, 2.24) is 0 Å². The Morgan fingerprint density at radius 2 is 2.20 bits per heavy atom. The summed E-state index contributed by atoms with van der Waals surface area (Å²) < 4.78 is 0. The number of hydrogen-bond donors (Lipinski definition) is 2. The number of nitrogens with zero attached hydrogens (tertiary/aromatic N) is 3. The maximum atomic E-state index is 9.00. The molecule has 2 N–H and O–H groups in total. The maximum Gasteiger partial charge on any atom is 0.0878 e. The first kappa shape index (κ1) is 9.23. The summed E-state index contributed by atoms with van der Waals surface area (Å²) in [5.74, 6) is 0. The minimum absolute atomic E-state index is 0.397. The van der Waals surface area contributed by atoms with Gasteiger partial charge in [-0.05, 0) is 5.53 Å². The van der Waals surface area contributed by atoms with E-state index in [4.69, 9.17) is 15.7 Å². The van der Waals surface area contributed by atoms with E-state index in [-0.39, 0.29) is 0 Å². The summed E-state index contributed by atoms with van der Waals surface area (Å²) in [5.41, 5.74) is 7.08. The molecule has 0 aromatic carbocycles. The largest absolute Gasteiger partial charge is 0.394 e. The number of rotatable bonds is 3. The van der Waals surface area contributed by atoms with Crippen LogP contribution in [-0.2, 0) is 0 Å². The number of aliphatic hydroxyl groups excluding tert-OH is 2. The van der Waals surface area contributed by atoms with Crippen LogP contribution in [0, 0.1) is 0 Å². The van der Waals surface area contributed by atoms with Gasteiger partial charge >= 0.3 is 0 Å². The quantitative estimate of drug-likeness (QED) is 0.342. The van der Waals surface area contributed by atoms with Gasteiger partial charge in [-0.15, -0.1) is 0 Å². The average Bonchev–Trinajstić information content (AvgIpc) is 1.86. The van der Waals surface area contributed by atoms with Gasteiger partial charge in [0.25, 0.3) is 0 Å². The SMILES string of the molecule is CC(C)(N=[N+]=[N-])C(O)CO. The van der Waals surface area contributed by atoms with E-state index in [1.165, 1.54) is 0 Å². The van der Waals surface area contributed by atoms with Crippen molar-refractivity contribution in [2.45, 2.75) is 25.5 Å². The molecule has 0 bridgehead atoms. The van der Waals surface area contributed by atoms with E-state index in [9.17, 15) is 0 Å². The fourth-order valence-electron chi connectivity index (χ4n) is 0.405. The Morgan fingerprint density at radius 3 is 2.50 bits per heavy atom. The van der Waals surface area contributed by atoms with Crippen LogP contribution in [-0.4, -0.2) is 28.5 Å². The van der Waals surface area contributed by atoms with Crippen molar-refractivity contribution in [1.29, 1.82) is 0 Å². The first-order valence-electron chi connectivity index (χ1n) is 2.89. The third-order valence-electron chi connectivity index (χ3n) is 1.29. The summed E-state index contributed by atoms with van der Waals surface area (Å²) >= 11 is 0. The molecule has 0 aromatic rings. The predicted octanol–water partition coefficient (Wildman–Crippen LogP) is 0.428. The predicted molar refractivity (Wildman–Crippen MR) is 36.3 cm³/mol. The van der Waals surface area contributed by atoms with Gasteiger partial charge in [0.2, 0.25) is 0 Å². The molecule has 58 valence electrons. The van der Waals surface area contributed by atoms with E-state index in [0.717, 1.165) is 0 Å². The van der Waals surface area contributed by atoms with Crippen LogP contribution < -0.4 is 0 Å². The van der Waals surface area contributed by atoms with Gasteiger partial charge in [-0.2, -0.15) is 0 Å². The molecule has 1 atom stereocenters. The fraction of sp³-hybridized carbons (Fsp3) is 1.00. The fourth-order valence-corrected chi connectivity index (χ4v) is 0.405. The molecule has 0 aromatic heterocycles. The van der Waals surface area contributed by atoms with Crippen molar-refractivity contribution >= 4 is 0 Å². The Labute approximate surface area is 58.9 Å². The summed E-state index contributed by atoms with van der Waals surface area (Å²) in [5, 5.41) is 20.8. The third kappa shape index (κ3) is 2.23. The first-order chi connectivity index (χ1) is 4.54. The second-order valence-corrected chi connectivity index (χ2v) is 2.54. The molecule has 5 heteroatoms. The third-order valence-corrected chi connectivity index (χ3v) is 1.29. The monoisotopic (exact) mass is 145 g/mol. The van der Waals surface area contributed by atoms with Crippen molar-refractivity contribution in [3.05, 3.63) is 10.4 Å². The lowest BCUT2D eigenvalue weighted by Crippen LogP contribution is -2.36. The van der Waals surface area contributed by atoms with Gasteiger partial charge in [0.05, 0.1) is 18.2 Å². The van der Waals surface area contributed by atoms with Crippen LogP contribution in [0.4, 0.5) is 0 Å². The summed E-state index contributed by atoms with van der Waals surface area (Å²) in [6.07, 6.45) is -0.997. The van der Waals surface area contributed by atoms with E-state index in [2.05, 4.69) is 10.0 Å². The zero-order valence-corrected chi connectivity index (χ0v) is 6.02. The standard InChI is InChI=1S/C5H11N3O2/c1-5(2,7-8-6)4(10)3-9/h4,9-10H,3H2,1-2H3. The normalized spacial score (nSPS) is 14.0. The Bertz CT molecular complexity index is 151. The second kappa shape index (κ2) is 3.41. The Hall–Kier alpha value is -0.770. The highest BCUT2D eigenvalue weighted by Gasteiger charge is 2.25. The lowest BCUT2D eigenvalue weighted by Gasteiger charge is -2.22. The van der Waals surface area contributed by atoms with Crippen LogP contribution >= 0.6 is 0 Å². The van der Waals surface area contributed by atoms with Gasteiger partial charge in [-0.1, -0.05) is 19.0 Å². The molecule has 0 radical (unpaired) electrons. The molecule has 0 aliphatic carbocycles. The van der Waals surface area contributed by atoms with E-state index in [0.29, 0.717) is 0 Å². The van der Waals surface area contributed by atoms with Crippen LogP contribution in [0.15, 0.2) is 5.11 Å². The highest BCUT2D eigenvalue weighted by Crippen LogP contribution is 2.13. The molecule has 0 saturated carbocycles. The minimum atomic E-state index is -0.997. The molecule has 5 nitrogen and oxygen atoms in total. The van der Waals surface area contributed by atoms with Gasteiger partial charge in [0.1, 0.15) is 0 Å². The van der Waals surface area contributed by atoms with Crippen LogP contribution in [0.5, 0.6) is 0 Å². The number of azide groups is 1. The van der Waals surface area contributed by atoms with Crippen LogP contribution in [0.3, 0.4) is 0 Å². The first-order valence-corrected chi connectivity index (χ1v) is 2.89. The number of aliphatic hydroxyl groups is 2. The van der Waals surface area contributed by atoms with Crippen molar-refractivity contribution in [2.75, 3.05) is 6.61 Å². The molecule has 0 heterocycles. The summed E-state index contributed by atoms with van der Waals surface area (Å²) in [7, 11) is 0. The van der Waals surface area contributed by atoms with Gasteiger partial charge in [-0.25, -0.2) is 0 Å². The van der Waals surface area contributed by atoms with E-state index in [1.807, 2.05) is 0 Å². The van der Waals surface area contributed by atoms with Gasteiger partial charge in [0.15, 0.2) is 0 Å². The van der Waals surface area contributed by atoms with Crippen molar-refractivity contribution in [3.63, 3.8) is 0 Å². The van der Waals surface area contributed by atoms with Gasteiger partial charge in [-0.3, -0.25) is 0 Å². The molecule has 0 spiro atoms. The van der Waals surface area contributed by atoms with Crippen molar-refractivity contribution in [3.8, 4) is 0 Å². The van der Waals surface area contributed by atoms with Crippen LogP contribution in [0.2, 0.25) is 0 Å². The molecule has 0 aliphatic rings. The van der Waals surface area contributed by atoms with Crippen molar-refractivity contribution in [2.24, 2.45) is 5.11 Å². The molecule has 10 heavy (non-hydrogen) atoms. The highest BCUT2D eigenvalue weighted by molar-refractivity contribution is 4.85. The Morgan fingerprint density at radius 1 is 1.70 bits per heavy atom. The topological polar surface area (TPSA) is 89.2 Å². The van der Waals surface area contributed by atoms with E-state index >= 15 is 0 Å². The van der Waals surface area contributed by atoms with E-state index < -0.39 is 18.2 Å². The van der Waals surface area contributed by atoms with Crippen LogP contribution in [0.25, 0.3) is 10.4 Å². The molecule has 0 amide bonds. The smallest absolute Gasteiger partial charge is 0.0878 e. The molecule has 1 unspecified atom stereocenters. The zero-order chi connectivity index (χ0) is 8.20. The number of hydrogen-bond acceptors (Lipinski definition) is 3. The molecular weight excluding hydrogens is 134 g/mol. The lowest BCUT2D eigenvalue weighted by molar-refractivity contribution is 0.0450. The summed E-state index contributed by atoms with van der Waals surface area (Å²) in [4.78, 5) is 2.53. The molecule has 0 aliphatic heterocycles. The summed E-state index contributed by atoms with van der Waals surface area (Å²) in [6, 6.07) is 0. The van der Waals surface area contributed by atoms with Crippen molar-refractivity contribution < 1.29 is 10.2 Å². The molecule has 0 rings (SSSR count). The highest BCUT2D eigenvalue weighted by atomic mass is 16.3. The average molecular weight is 145 g/mol.